The number of hydrogen-bond donors (Lipinski definition) is 2. The van der Waals surface area contributed by atoms with Crippen molar-refractivity contribution in [1.82, 2.24) is 10.6 Å². The van der Waals surface area contributed by atoms with E-state index in [-0.39, 0.29) is 19.4 Å². The van der Waals surface area contributed by atoms with Gasteiger partial charge in [0.2, 0.25) is 5.91 Å². The zero-order valence-electron chi connectivity index (χ0n) is 21.1. The van der Waals surface area contributed by atoms with E-state index in [9.17, 15) is 14.4 Å². The lowest BCUT2D eigenvalue weighted by Crippen LogP contribution is -2.53. The first-order chi connectivity index (χ1) is 18.5. The quantitative estimate of drug-likeness (QED) is 0.305. The summed E-state index contributed by atoms with van der Waals surface area (Å²) in [7, 11) is 1.28. The Hall–Kier alpha value is -4.65. The number of carbonyl (C=O) groups excluding carboxylic acids is 3. The van der Waals surface area contributed by atoms with Crippen molar-refractivity contribution >= 4 is 28.7 Å². The van der Waals surface area contributed by atoms with E-state index < -0.39 is 30.1 Å². The molecule has 0 unspecified atom stereocenters. The van der Waals surface area contributed by atoms with Crippen molar-refractivity contribution in [3.8, 4) is 0 Å². The Morgan fingerprint density at radius 2 is 1.26 bits per heavy atom. The molecule has 0 spiro atoms. The van der Waals surface area contributed by atoms with Gasteiger partial charge in [-0.3, -0.25) is 4.79 Å². The van der Waals surface area contributed by atoms with E-state index in [2.05, 4.69) is 10.6 Å². The first-order valence-electron chi connectivity index (χ1n) is 12.4. The van der Waals surface area contributed by atoms with Crippen LogP contribution >= 0.6 is 0 Å². The number of esters is 1. The molecule has 0 aliphatic carbocycles. The van der Waals surface area contributed by atoms with Gasteiger partial charge < -0.3 is 20.1 Å². The molecule has 0 fully saturated rings. The maximum absolute atomic E-state index is 13.4. The Labute approximate surface area is 221 Å². The van der Waals surface area contributed by atoms with Crippen LogP contribution in [-0.2, 0) is 38.5 Å². The molecule has 2 atom stereocenters. The second-order valence-corrected chi connectivity index (χ2v) is 8.92. The van der Waals surface area contributed by atoms with Gasteiger partial charge in [0.25, 0.3) is 0 Å². The summed E-state index contributed by atoms with van der Waals surface area (Å²) in [5.74, 6) is -1.08. The molecule has 7 nitrogen and oxygen atoms in total. The van der Waals surface area contributed by atoms with Crippen molar-refractivity contribution in [2.24, 2.45) is 0 Å². The summed E-state index contributed by atoms with van der Waals surface area (Å²) in [4.78, 5) is 38.6. The smallest absolute Gasteiger partial charge is 0.408 e. The van der Waals surface area contributed by atoms with Crippen LogP contribution < -0.4 is 10.6 Å². The second-order valence-electron chi connectivity index (χ2n) is 8.92. The van der Waals surface area contributed by atoms with Crippen LogP contribution in [0.5, 0.6) is 0 Å². The van der Waals surface area contributed by atoms with Gasteiger partial charge in [-0.2, -0.15) is 0 Å². The summed E-state index contributed by atoms with van der Waals surface area (Å²) in [6.07, 6.45) is -0.273. The standard InChI is InChI=1S/C31H30N2O5/c1-37-30(35)28(20-24-16-17-25-14-8-9-15-26(25)18-24)32-29(34)27(19-22-10-4-2-5-11-22)33-31(36)38-21-23-12-6-3-7-13-23/h2-18,27-28H,19-21H2,1H3,(H,32,34)(H,33,36)/t27-,28+/m1/s1. The van der Waals surface area contributed by atoms with E-state index in [1.807, 2.05) is 103 Å². The fourth-order valence-electron chi connectivity index (χ4n) is 4.18. The van der Waals surface area contributed by atoms with Gasteiger partial charge in [0.05, 0.1) is 7.11 Å². The van der Waals surface area contributed by atoms with Gasteiger partial charge in [0.15, 0.2) is 0 Å². The third-order valence-electron chi connectivity index (χ3n) is 6.16. The molecular weight excluding hydrogens is 480 g/mol. The fraction of sp³-hybridized carbons (Fsp3) is 0.194. The molecule has 0 saturated carbocycles. The molecule has 4 rings (SSSR count). The number of benzene rings is 4. The average molecular weight is 511 g/mol. The predicted molar refractivity (Wildman–Crippen MR) is 145 cm³/mol. The molecule has 0 saturated heterocycles. The minimum atomic E-state index is -0.968. The third-order valence-corrected chi connectivity index (χ3v) is 6.16. The van der Waals surface area contributed by atoms with Crippen LogP contribution in [0.3, 0.4) is 0 Å². The summed E-state index contributed by atoms with van der Waals surface area (Å²) in [5, 5.41) is 7.55. The number of fused-ring (bicyclic) bond motifs is 1. The molecule has 0 aromatic heterocycles. The summed E-state index contributed by atoms with van der Waals surface area (Å²) in [6.45, 7) is 0.0686. The maximum Gasteiger partial charge on any atom is 0.408 e. The molecule has 0 aliphatic heterocycles. The van der Waals surface area contributed by atoms with Gasteiger partial charge in [0.1, 0.15) is 18.7 Å². The van der Waals surface area contributed by atoms with Crippen LogP contribution in [0.15, 0.2) is 103 Å². The Kier molecular flexibility index (Phi) is 9.07. The number of alkyl carbamates (subject to hydrolysis) is 1. The van der Waals surface area contributed by atoms with E-state index in [1.54, 1.807) is 0 Å². The normalized spacial score (nSPS) is 12.2. The summed E-state index contributed by atoms with van der Waals surface area (Å²) >= 11 is 0. The van der Waals surface area contributed by atoms with Gasteiger partial charge in [0, 0.05) is 12.8 Å². The maximum atomic E-state index is 13.4. The molecule has 0 radical (unpaired) electrons. The Balaban J connectivity index is 1.48. The number of methoxy groups -OCH3 is 1. The molecule has 0 aliphatic rings. The van der Waals surface area contributed by atoms with Gasteiger partial charge in [-0.15, -0.1) is 0 Å². The number of nitrogens with one attached hydrogen (secondary N) is 2. The van der Waals surface area contributed by atoms with Crippen molar-refractivity contribution in [3.05, 3.63) is 120 Å². The number of hydrogen-bond acceptors (Lipinski definition) is 5. The largest absolute Gasteiger partial charge is 0.467 e. The average Bonchev–Trinajstić information content (AvgIpc) is 2.96. The van der Waals surface area contributed by atoms with Crippen LogP contribution in [0.4, 0.5) is 4.79 Å². The van der Waals surface area contributed by atoms with E-state index >= 15 is 0 Å². The molecule has 38 heavy (non-hydrogen) atoms. The number of ether oxygens (including phenoxy) is 2. The lowest BCUT2D eigenvalue weighted by atomic mass is 10.0. The fourth-order valence-corrected chi connectivity index (χ4v) is 4.18. The molecule has 4 aromatic rings. The first-order valence-corrected chi connectivity index (χ1v) is 12.4. The van der Waals surface area contributed by atoms with Crippen LogP contribution in [0.25, 0.3) is 10.8 Å². The van der Waals surface area contributed by atoms with Crippen molar-refractivity contribution in [1.29, 1.82) is 0 Å². The van der Waals surface area contributed by atoms with Crippen molar-refractivity contribution < 1.29 is 23.9 Å². The van der Waals surface area contributed by atoms with Crippen molar-refractivity contribution in [2.75, 3.05) is 7.11 Å². The number of carbonyl (C=O) groups is 3. The Morgan fingerprint density at radius 1 is 0.658 bits per heavy atom. The van der Waals surface area contributed by atoms with E-state index in [4.69, 9.17) is 9.47 Å². The zero-order chi connectivity index (χ0) is 26.7. The highest BCUT2D eigenvalue weighted by molar-refractivity contribution is 5.90. The highest BCUT2D eigenvalue weighted by atomic mass is 16.5. The molecule has 2 N–H and O–H groups in total. The van der Waals surface area contributed by atoms with Gasteiger partial charge in [-0.05, 0) is 27.5 Å². The molecule has 7 heteroatoms. The minimum absolute atomic E-state index is 0.0686. The Bertz CT molecular complexity index is 1370. The van der Waals surface area contributed by atoms with Crippen molar-refractivity contribution in [2.45, 2.75) is 31.5 Å². The second kappa shape index (κ2) is 13.1. The molecular formula is C31H30N2O5. The van der Waals surface area contributed by atoms with Gasteiger partial charge in [-0.1, -0.05) is 103 Å². The topological polar surface area (TPSA) is 93.7 Å². The summed E-state index contributed by atoms with van der Waals surface area (Å²) < 4.78 is 10.3. The van der Waals surface area contributed by atoms with Crippen LogP contribution in [-0.4, -0.2) is 37.2 Å². The molecule has 194 valence electrons. The zero-order valence-corrected chi connectivity index (χ0v) is 21.1. The van der Waals surface area contributed by atoms with Crippen LogP contribution in [0.1, 0.15) is 16.7 Å². The molecule has 4 aromatic carbocycles. The molecule has 2 amide bonds. The van der Waals surface area contributed by atoms with Crippen LogP contribution in [0.2, 0.25) is 0 Å². The predicted octanol–water partition coefficient (Wildman–Crippen LogP) is 4.58. The monoisotopic (exact) mass is 510 g/mol. The lowest BCUT2D eigenvalue weighted by Gasteiger charge is -2.22. The van der Waals surface area contributed by atoms with E-state index in [0.717, 1.165) is 27.5 Å². The van der Waals surface area contributed by atoms with Gasteiger partial charge in [-0.25, -0.2) is 9.59 Å². The molecule has 0 bridgehead atoms. The highest BCUT2D eigenvalue weighted by Gasteiger charge is 2.28. The number of rotatable bonds is 10. The minimum Gasteiger partial charge on any atom is -0.467 e. The van der Waals surface area contributed by atoms with E-state index in [0.29, 0.717) is 0 Å². The number of amides is 2. The van der Waals surface area contributed by atoms with E-state index in [1.165, 1.54) is 7.11 Å². The highest BCUT2D eigenvalue weighted by Crippen LogP contribution is 2.17. The SMILES string of the molecule is COC(=O)[C@H](Cc1ccc2ccccc2c1)NC(=O)[C@@H](Cc1ccccc1)NC(=O)OCc1ccccc1. The van der Waals surface area contributed by atoms with Gasteiger partial charge >= 0.3 is 12.1 Å². The third kappa shape index (κ3) is 7.43. The first kappa shape index (κ1) is 26.4. The van der Waals surface area contributed by atoms with Crippen molar-refractivity contribution in [3.63, 3.8) is 0 Å². The van der Waals surface area contributed by atoms with Crippen LogP contribution in [0, 0.1) is 0 Å². The summed E-state index contributed by atoms with van der Waals surface area (Å²) in [6, 6.07) is 30.5. The lowest BCUT2D eigenvalue weighted by molar-refractivity contribution is -0.145. The Morgan fingerprint density at radius 3 is 1.95 bits per heavy atom. The summed E-state index contributed by atoms with van der Waals surface area (Å²) in [5.41, 5.74) is 2.54. The molecule has 0 heterocycles.